The highest BCUT2D eigenvalue weighted by atomic mass is 32.2. The lowest BCUT2D eigenvalue weighted by Gasteiger charge is -2.38. The van der Waals surface area contributed by atoms with E-state index >= 15 is 0 Å². The molecule has 0 aromatic heterocycles. The van der Waals surface area contributed by atoms with Crippen LogP contribution in [0.25, 0.3) is 5.70 Å². The van der Waals surface area contributed by atoms with Crippen molar-refractivity contribution in [2.75, 3.05) is 44.4 Å². The highest BCUT2D eigenvalue weighted by molar-refractivity contribution is 8.00. The molecule has 1 fully saturated rings. The van der Waals surface area contributed by atoms with Gasteiger partial charge >= 0.3 is 0 Å². The van der Waals surface area contributed by atoms with Gasteiger partial charge in [0.05, 0.1) is 5.70 Å². The van der Waals surface area contributed by atoms with Crippen molar-refractivity contribution in [1.29, 1.82) is 0 Å². The van der Waals surface area contributed by atoms with Crippen molar-refractivity contribution in [1.82, 2.24) is 4.90 Å². The lowest BCUT2D eigenvalue weighted by atomic mass is 10.1. The van der Waals surface area contributed by atoms with Crippen LogP contribution in [0.3, 0.4) is 0 Å². The molecule has 1 heterocycles. The fourth-order valence-corrected chi connectivity index (χ4v) is 5.06. The Bertz CT molecular complexity index is 976. The molecular weight excluding hydrogens is 464 g/mol. The van der Waals surface area contributed by atoms with E-state index in [-0.39, 0.29) is 0 Å². The van der Waals surface area contributed by atoms with Gasteiger partial charge in [-0.15, -0.1) is 17.5 Å². The number of thioether (sulfide) groups is 1. The maximum Gasteiger partial charge on any atom is 0.116 e. The van der Waals surface area contributed by atoms with Crippen molar-refractivity contribution in [3.8, 4) is 0 Å². The standard InChI is InChI=1S/C24H30N2OS2.C2H4O.CH4O/c1-6-23(22-17-19(4)7-12-24(22)28-18(2)3)26-15-13-25(14-16-26)20-8-10-21(11-9-20)29(5)27;1-2-3;1-2/h7-12,17-18H,1,13-16H2,2-5H3;2H,1H3;2H,1H3. The molecule has 7 heteroatoms. The Labute approximate surface area is 212 Å². The molecular formula is C27H38N2O3S2. The second-order valence-electron chi connectivity index (χ2n) is 7.85. The third-order valence-electron chi connectivity index (χ3n) is 5.05. The predicted molar refractivity (Wildman–Crippen MR) is 147 cm³/mol. The first-order valence-corrected chi connectivity index (χ1v) is 13.7. The third-order valence-corrected chi connectivity index (χ3v) is 7.07. The van der Waals surface area contributed by atoms with E-state index in [0.717, 1.165) is 50.2 Å². The quantitative estimate of drug-likeness (QED) is 0.341. The summed E-state index contributed by atoms with van der Waals surface area (Å²) in [6.45, 7) is 15.8. The number of carbonyl (C=O) groups is 1. The number of carbonyl (C=O) groups excluding carboxylic acids is 1. The molecule has 0 aliphatic carbocycles. The molecule has 0 amide bonds. The van der Waals surface area contributed by atoms with E-state index < -0.39 is 10.8 Å². The van der Waals surface area contributed by atoms with Gasteiger partial charge in [-0.05, 0) is 50.2 Å². The minimum Gasteiger partial charge on any atom is -0.400 e. The number of aldehydes is 1. The van der Waals surface area contributed by atoms with Gasteiger partial charge in [-0.3, -0.25) is 4.21 Å². The van der Waals surface area contributed by atoms with Crippen LogP contribution in [0.2, 0.25) is 0 Å². The van der Waals surface area contributed by atoms with E-state index in [1.54, 1.807) is 6.26 Å². The van der Waals surface area contributed by atoms with Crippen LogP contribution in [0.1, 0.15) is 31.9 Å². The molecule has 3 rings (SSSR count). The molecule has 1 saturated heterocycles. The van der Waals surface area contributed by atoms with Gasteiger partial charge in [-0.2, -0.15) is 0 Å². The number of anilines is 1. The van der Waals surface area contributed by atoms with Crippen LogP contribution in [-0.2, 0) is 15.6 Å². The highest BCUT2D eigenvalue weighted by Crippen LogP contribution is 2.33. The fraction of sp³-hybridized carbons (Fsp3) is 0.407. The minimum absolute atomic E-state index is 0.528. The first-order chi connectivity index (χ1) is 16.3. The fourth-order valence-electron chi connectivity index (χ4n) is 3.60. The molecule has 34 heavy (non-hydrogen) atoms. The van der Waals surface area contributed by atoms with Crippen molar-refractivity contribution in [3.05, 3.63) is 65.9 Å². The molecule has 2 aromatic carbocycles. The Morgan fingerprint density at radius 2 is 1.68 bits per heavy atom. The van der Waals surface area contributed by atoms with Gasteiger partial charge in [-0.1, -0.05) is 32.1 Å². The van der Waals surface area contributed by atoms with E-state index in [1.807, 2.05) is 23.9 Å². The number of benzene rings is 2. The number of nitrogens with zero attached hydrogens (tertiary/aromatic N) is 2. The van der Waals surface area contributed by atoms with E-state index in [2.05, 4.69) is 73.2 Å². The topological polar surface area (TPSA) is 60.9 Å². The zero-order valence-electron chi connectivity index (χ0n) is 21.2. The van der Waals surface area contributed by atoms with Gasteiger partial charge in [0, 0.05) is 76.6 Å². The Kier molecular flexibility index (Phi) is 13.6. The monoisotopic (exact) mass is 502 g/mol. The first kappa shape index (κ1) is 29.7. The Morgan fingerprint density at radius 1 is 1.12 bits per heavy atom. The number of aliphatic hydroxyl groups is 1. The molecule has 1 N–H and O–H groups in total. The zero-order valence-corrected chi connectivity index (χ0v) is 22.8. The van der Waals surface area contributed by atoms with Gasteiger partial charge < -0.3 is 19.7 Å². The van der Waals surface area contributed by atoms with Gasteiger partial charge in [0.25, 0.3) is 0 Å². The summed E-state index contributed by atoms with van der Waals surface area (Å²) in [4.78, 5) is 15.8. The minimum atomic E-state index is -0.933. The summed E-state index contributed by atoms with van der Waals surface area (Å²) in [7, 11) is 0.0674. The van der Waals surface area contributed by atoms with Crippen molar-refractivity contribution < 1.29 is 14.1 Å². The molecule has 0 saturated carbocycles. The summed E-state index contributed by atoms with van der Waals surface area (Å²) in [6.07, 6.45) is 2.47. The average molecular weight is 503 g/mol. The summed E-state index contributed by atoms with van der Waals surface area (Å²) in [5, 5.41) is 7.53. The number of piperazine rings is 1. The normalized spacial score (nSPS) is 13.6. The number of aryl methyl sites for hydroxylation is 1. The summed E-state index contributed by atoms with van der Waals surface area (Å²) in [5.41, 5.74) is 8.02. The van der Waals surface area contributed by atoms with Gasteiger partial charge in [0.15, 0.2) is 0 Å². The maximum absolute atomic E-state index is 11.6. The number of hydrogen-bond acceptors (Lipinski definition) is 6. The highest BCUT2D eigenvalue weighted by Gasteiger charge is 2.22. The average Bonchev–Trinajstić information content (AvgIpc) is 2.83. The molecule has 5 nitrogen and oxygen atoms in total. The van der Waals surface area contributed by atoms with Crippen LogP contribution in [0, 0.1) is 6.92 Å². The first-order valence-electron chi connectivity index (χ1n) is 11.3. The van der Waals surface area contributed by atoms with Crippen molar-refractivity contribution in [3.63, 3.8) is 0 Å². The predicted octanol–water partition coefficient (Wildman–Crippen LogP) is 4.99. The SMILES string of the molecule is C=C=C(c1cc(C)ccc1SC(C)C)N1CCN(c2ccc(S(C)=O)cc2)CC1.CC=O.CO. The molecule has 1 unspecified atom stereocenters. The Balaban J connectivity index is 0.00000107. The summed E-state index contributed by atoms with van der Waals surface area (Å²) < 4.78 is 11.6. The van der Waals surface area contributed by atoms with Crippen LogP contribution in [0.4, 0.5) is 5.69 Å². The summed E-state index contributed by atoms with van der Waals surface area (Å²) in [6, 6.07) is 14.8. The number of aliphatic hydroxyl groups excluding tert-OH is 1. The molecule has 1 atom stereocenters. The molecule has 0 spiro atoms. The molecule has 1 aliphatic heterocycles. The lowest BCUT2D eigenvalue weighted by Crippen LogP contribution is -2.45. The molecule has 0 radical (unpaired) electrons. The molecule has 0 bridgehead atoms. The van der Waals surface area contributed by atoms with E-state index in [9.17, 15) is 4.21 Å². The van der Waals surface area contributed by atoms with Crippen molar-refractivity contribution >= 4 is 40.2 Å². The van der Waals surface area contributed by atoms with Crippen LogP contribution < -0.4 is 4.90 Å². The third kappa shape index (κ3) is 8.80. The van der Waals surface area contributed by atoms with Crippen LogP contribution in [-0.4, -0.2) is 65.3 Å². The summed E-state index contributed by atoms with van der Waals surface area (Å²) >= 11 is 1.89. The second kappa shape index (κ2) is 15.6. The largest absolute Gasteiger partial charge is 0.400 e. The Hall–Kier alpha value is -2.31. The maximum atomic E-state index is 11.6. The van der Waals surface area contributed by atoms with Crippen LogP contribution >= 0.6 is 11.8 Å². The van der Waals surface area contributed by atoms with Gasteiger partial charge in [0.1, 0.15) is 6.29 Å². The number of hydrogen-bond donors (Lipinski definition) is 1. The van der Waals surface area contributed by atoms with E-state index in [1.165, 1.54) is 28.6 Å². The van der Waals surface area contributed by atoms with Crippen LogP contribution in [0.15, 0.2) is 64.6 Å². The lowest BCUT2D eigenvalue weighted by molar-refractivity contribution is -0.106. The zero-order chi connectivity index (χ0) is 25.7. The smallest absolute Gasteiger partial charge is 0.116 e. The van der Waals surface area contributed by atoms with Crippen molar-refractivity contribution in [2.24, 2.45) is 0 Å². The van der Waals surface area contributed by atoms with Crippen LogP contribution in [0.5, 0.6) is 0 Å². The molecule has 1 aliphatic rings. The van der Waals surface area contributed by atoms with Crippen molar-refractivity contribution in [2.45, 2.75) is 42.7 Å². The second-order valence-corrected chi connectivity index (χ2v) is 10.8. The van der Waals surface area contributed by atoms with Gasteiger partial charge in [-0.25, -0.2) is 0 Å². The Morgan fingerprint density at radius 3 is 2.15 bits per heavy atom. The number of rotatable bonds is 6. The molecule has 186 valence electrons. The van der Waals surface area contributed by atoms with E-state index in [0.29, 0.717) is 5.25 Å². The molecule has 2 aromatic rings. The summed E-state index contributed by atoms with van der Waals surface area (Å²) in [5.74, 6) is 0. The van der Waals surface area contributed by atoms with E-state index in [4.69, 9.17) is 9.90 Å². The van der Waals surface area contributed by atoms with Gasteiger partial charge in [0.2, 0.25) is 0 Å².